The SMILES string of the molecule is CCOc1ncccc1Nc1cc(Nc2ccc(N3CC4(CCNCC4)C3)cn2)ncc1C(N)=O. The van der Waals surface area contributed by atoms with Crippen molar-refractivity contribution in [3.05, 3.63) is 54.5 Å². The predicted octanol–water partition coefficient (Wildman–Crippen LogP) is 3.05. The van der Waals surface area contributed by atoms with Crippen molar-refractivity contribution in [2.24, 2.45) is 11.1 Å². The second-order valence-electron chi connectivity index (χ2n) is 9.03. The number of hydrogen-bond donors (Lipinski definition) is 4. The fraction of sp³-hybridized carbons (Fsp3) is 0.360. The van der Waals surface area contributed by atoms with E-state index in [2.05, 4.69) is 41.9 Å². The molecule has 1 spiro atoms. The number of amides is 1. The summed E-state index contributed by atoms with van der Waals surface area (Å²) in [5.41, 5.74) is 8.54. The number of carbonyl (C=O) groups is 1. The predicted molar refractivity (Wildman–Crippen MR) is 136 cm³/mol. The summed E-state index contributed by atoms with van der Waals surface area (Å²) in [6, 6.07) is 9.33. The molecule has 1 amide bonds. The highest BCUT2D eigenvalue weighted by Gasteiger charge is 2.43. The maximum absolute atomic E-state index is 12.0. The Hall–Kier alpha value is -3.92. The molecule has 5 rings (SSSR count). The summed E-state index contributed by atoms with van der Waals surface area (Å²) in [4.78, 5) is 27.5. The second kappa shape index (κ2) is 9.75. The van der Waals surface area contributed by atoms with Gasteiger partial charge in [-0.15, -0.1) is 0 Å². The number of aromatic nitrogens is 3. The van der Waals surface area contributed by atoms with Crippen LogP contribution in [0.2, 0.25) is 0 Å². The Morgan fingerprint density at radius 2 is 1.89 bits per heavy atom. The van der Waals surface area contributed by atoms with Gasteiger partial charge in [0.05, 0.1) is 29.7 Å². The zero-order valence-corrected chi connectivity index (χ0v) is 19.8. The molecular weight excluding hydrogens is 444 g/mol. The molecule has 5 heterocycles. The molecular formula is C25H30N8O2. The van der Waals surface area contributed by atoms with Crippen molar-refractivity contribution in [3.8, 4) is 5.88 Å². The van der Waals surface area contributed by atoms with E-state index in [1.54, 1.807) is 18.3 Å². The third kappa shape index (κ3) is 4.97. The summed E-state index contributed by atoms with van der Waals surface area (Å²) >= 11 is 0. The molecule has 35 heavy (non-hydrogen) atoms. The molecule has 3 aromatic rings. The quantitative estimate of drug-likeness (QED) is 0.389. The summed E-state index contributed by atoms with van der Waals surface area (Å²) in [5, 5.41) is 9.85. The average Bonchev–Trinajstić information content (AvgIpc) is 2.85. The minimum absolute atomic E-state index is 0.259. The molecule has 3 aromatic heterocycles. The van der Waals surface area contributed by atoms with Crippen molar-refractivity contribution in [3.63, 3.8) is 0 Å². The maximum Gasteiger partial charge on any atom is 0.252 e. The number of nitrogens with zero attached hydrogens (tertiary/aromatic N) is 4. The van der Waals surface area contributed by atoms with Crippen molar-refractivity contribution in [2.75, 3.05) is 48.3 Å². The highest BCUT2D eigenvalue weighted by atomic mass is 16.5. The number of hydrogen-bond acceptors (Lipinski definition) is 9. The van der Waals surface area contributed by atoms with Crippen LogP contribution < -0.4 is 31.3 Å². The van der Waals surface area contributed by atoms with Gasteiger partial charge in [-0.3, -0.25) is 4.79 Å². The molecule has 0 saturated carbocycles. The lowest BCUT2D eigenvalue weighted by atomic mass is 9.72. The topological polar surface area (TPSA) is 130 Å². The number of pyridine rings is 3. The van der Waals surface area contributed by atoms with Gasteiger partial charge in [0.15, 0.2) is 0 Å². The molecule has 0 radical (unpaired) electrons. The third-order valence-electron chi connectivity index (χ3n) is 6.58. The molecule has 10 nitrogen and oxygen atoms in total. The molecule has 0 aliphatic carbocycles. The van der Waals surface area contributed by atoms with Crippen LogP contribution in [0.5, 0.6) is 5.88 Å². The lowest BCUT2D eigenvalue weighted by Crippen LogP contribution is -2.60. The number of ether oxygens (including phenoxy) is 1. The highest BCUT2D eigenvalue weighted by Crippen LogP contribution is 2.41. The van der Waals surface area contributed by atoms with E-state index in [0.29, 0.717) is 40.9 Å². The first-order valence-corrected chi connectivity index (χ1v) is 11.9. The molecule has 0 unspecified atom stereocenters. The van der Waals surface area contributed by atoms with Crippen LogP contribution in [0.15, 0.2) is 48.9 Å². The first-order chi connectivity index (χ1) is 17.0. The van der Waals surface area contributed by atoms with E-state index in [-0.39, 0.29) is 5.56 Å². The van der Waals surface area contributed by atoms with E-state index in [0.717, 1.165) is 31.9 Å². The molecule has 0 atom stereocenters. The summed E-state index contributed by atoms with van der Waals surface area (Å²) in [7, 11) is 0. The maximum atomic E-state index is 12.0. The van der Waals surface area contributed by atoms with Crippen molar-refractivity contribution in [1.29, 1.82) is 0 Å². The number of nitrogens with one attached hydrogen (secondary N) is 3. The first-order valence-electron chi connectivity index (χ1n) is 11.9. The molecule has 2 fully saturated rings. The average molecular weight is 475 g/mol. The molecule has 10 heteroatoms. The third-order valence-corrected chi connectivity index (χ3v) is 6.58. The Morgan fingerprint density at radius 3 is 2.60 bits per heavy atom. The lowest BCUT2D eigenvalue weighted by Gasteiger charge is -2.53. The fourth-order valence-electron chi connectivity index (χ4n) is 4.70. The summed E-state index contributed by atoms with van der Waals surface area (Å²) in [6.45, 7) is 6.75. The van der Waals surface area contributed by atoms with E-state index in [1.165, 1.54) is 19.0 Å². The zero-order chi connectivity index (χ0) is 24.3. The van der Waals surface area contributed by atoms with Crippen molar-refractivity contribution in [2.45, 2.75) is 19.8 Å². The molecule has 0 aromatic carbocycles. The van der Waals surface area contributed by atoms with Gasteiger partial charge in [-0.2, -0.15) is 0 Å². The smallest absolute Gasteiger partial charge is 0.252 e. The Labute approximate surface area is 204 Å². The van der Waals surface area contributed by atoms with Gasteiger partial charge in [-0.1, -0.05) is 0 Å². The van der Waals surface area contributed by atoms with Crippen LogP contribution in [0.25, 0.3) is 0 Å². The van der Waals surface area contributed by atoms with Gasteiger partial charge in [0.25, 0.3) is 5.91 Å². The van der Waals surface area contributed by atoms with Gasteiger partial charge in [0.2, 0.25) is 5.88 Å². The highest BCUT2D eigenvalue weighted by molar-refractivity contribution is 5.99. The van der Waals surface area contributed by atoms with Gasteiger partial charge in [-0.25, -0.2) is 15.0 Å². The summed E-state index contributed by atoms with van der Waals surface area (Å²) < 4.78 is 5.58. The molecule has 2 saturated heterocycles. The molecule has 5 N–H and O–H groups in total. The van der Waals surface area contributed by atoms with Crippen LogP contribution in [0.4, 0.5) is 28.7 Å². The summed E-state index contributed by atoms with van der Waals surface area (Å²) in [6.07, 6.45) is 7.45. The molecule has 182 valence electrons. The number of piperidine rings is 1. The van der Waals surface area contributed by atoms with E-state index < -0.39 is 5.91 Å². The van der Waals surface area contributed by atoms with Crippen molar-refractivity contribution < 1.29 is 9.53 Å². The number of nitrogens with two attached hydrogens (primary N) is 1. The van der Waals surface area contributed by atoms with Crippen molar-refractivity contribution >= 4 is 34.6 Å². The van der Waals surface area contributed by atoms with E-state index in [4.69, 9.17) is 10.5 Å². The number of rotatable bonds is 8. The Kier molecular flexibility index (Phi) is 6.37. The number of anilines is 5. The fourth-order valence-corrected chi connectivity index (χ4v) is 4.70. The zero-order valence-electron chi connectivity index (χ0n) is 19.8. The van der Waals surface area contributed by atoms with E-state index in [1.807, 2.05) is 25.3 Å². The first kappa shape index (κ1) is 22.9. The molecule has 2 aliphatic rings. The minimum Gasteiger partial charge on any atom is -0.476 e. The van der Waals surface area contributed by atoms with Gasteiger partial charge in [-0.05, 0) is 57.1 Å². The Balaban J connectivity index is 1.29. The number of carbonyl (C=O) groups excluding carboxylic acids is 1. The standard InChI is InChI=1S/C25H30N8O2/c1-2-35-24-19(4-3-9-28-24)31-20-12-22(30-14-18(20)23(26)34)32-21-6-5-17(13-29-21)33-15-25(16-33)7-10-27-11-8-25/h3-6,9,12-14,27H,2,7-8,10-11,15-16H2,1H3,(H2,26,34)(H2,29,30,31,32). The van der Waals surface area contributed by atoms with Crippen LogP contribution in [0.1, 0.15) is 30.1 Å². The largest absolute Gasteiger partial charge is 0.476 e. The van der Waals surface area contributed by atoms with Crippen LogP contribution in [-0.4, -0.2) is 53.6 Å². The van der Waals surface area contributed by atoms with Crippen molar-refractivity contribution in [1.82, 2.24) is 20.3 Å². The van der Waals surface area contributed by atoms with E-state index in [9.17, 15) is 4.79 Å². The van der Waals surface area contributed by atoms with Gasteiger partial charge in [0, 0.05) is 37.0 Å². The molecule has 2 aliphatic heterocycles. The summed E-state index contributed by atoms with van der Waals surface area (Å²) in [5.74, 6) is 1.04. The van der Waals surface area contributed by atoms with Gasteiger partial charge < -0.3 is 31.3 Å². The molecule has 0 bridgehead atoms. The minimum atomic E-state index is -0.586. The van der Waals surface area contributed by atoms with Gasteiger partial charge in [0.1, 0.15) is 17.3 Å². The Bertz CT molecular complexity index is 1190. The number of primary amides is 1. The second-order valence-corrected chi connectivity index (χ2v) is 9.03. The van der Waals surface area contributed by atoms with Crippen LogP contribution in [-0.2, 0) is 0 Å². The Morgan fingerprint density at radius 1 is 1.09 bits per heavy atom. The normalized spacial score (nSPS) is 16.4. The van der Waals surface area contributed by atoms with Crippen LogP contribution in [0, 0.1) is 5.41 Å². The van der Waals surface area contributed by atoms with Crippen LogP contribution in [0.3, 0.4) is 0 Å². The van der Waals surface area contributed by atoms with Crippen LogP contribution >= 0.6 is 0 Å². The van der Waals surface area contributed by atoms with E-state index >= 15 is 0 Å². The monoisotopic (exact) mass is 474 g/mol. The lowest BCUT2D eigenvalue weighted by molar-refractivity contribution is 0.100. The van der Waals surface area contributed by atoms with Gasteiger partial charge >= 0.3 is 0 Å².